The third-order valence-electron chi connectivity index (χ3n) is 6.12. The van der Waals surface area contributed by atoms with E-state index in [4.69, 9.17) is 4.52 Å². The number of aromatic nitrogens is 2. The molecule has 3 aromatic rings. The number of nitrogens with zero attached hydrogens (tertiary/aromatic N) is 4. The Kier molecular flexibility index (Phi) is 7.67. The number of aryl methyl sites for hydroxylation is 1. The van der Waals surface area contributed by atoms with Crippen molar-refractivity contribution in [3.63, 3.8) is 0 Å². The highest BCUT2D eigenvalue weighted by atomic mass is 16.5. The molecule has 1 aromatic heterocycles. The smallest absolute Gasteiger partial charge is 0.227 e. The van der Waals surface area contributed by atoms with Gasteiger partial charge < -0.3 is 14.3 Å². The molecule has 0 spiro atoms. The molecule has 0 unspecified atom stereocenters. The van der Waals surface area contributed by atoms with Gasteiger partial charge in [0.25, 0.3) is 0 Å². The van der Waals surface area contributed by atoms with Gasteiger partial charge in [0, 0.05) is 38.0 Å². The SMILES string of the molecule is CN1CCC[C@@H](CN(CCc2ccccc2)C(=O)CCc2nc(-c3ccccc3)no2)C1. The molecule has 1 aliphatic heterocycles. The highest BCUT2D eigenvalue weighted by Gasteiger charge is 2.23. The molecular weight excluding hydrogens is 400 g/mol. The topological polar surface area (TPSA) is 62.5 Å². The first-order chi connectivity index (χ1) is 15.7. The summed E-state index contributed by atoms with van der Waals surface area (Å²) in [5.41, 5.74) is 2.18. The summed E-state index contributed by atoms with van der Waals surface area (Å²) >= 11 is 0. The summed E-state index contributed by atoms with van der Waals surface area (Å²) in [6.45, 7) is 3.76. The van der Waals surface area contributed by atoms with Crippen molar-refractivity contribution in [1.29, 1.82) is 0 Å². The van der Waals surface area contributed by atoms with E-state index < -0.39 is 0 Å². The highest BCUT2D eigenvalue weighted by molar-refractivity contribution is 5.76. The fourth-order valence-electron chi connectivity index (χ4n) is 4.39. The Morgan fingerprint density at radius 3 is 2.59 bits per heavy atom. The van der Waals surface area contributed by atoms with Crippen LogP contribution < -0.4 is 0 Å². The summed E-state index contributed by atoms with van der Waals surface area (Å²) in [6, 6.07) is 20.1. The number of piperidine rings is 1. The standard InChI is InChI=1S/C26H32N4O2/c1-29-17-8-11-22(19-29)20-30(18-16-21-9-4-2-5-10-21)25(31)15-14-24-27-26(28-32-24)23-12-6-3-7-13-23/h2-7,9-10,12-13,22H,8,11,14-20H2,1H3/t22-/m1/s1. The van der Waals surface area contributed by atoms with E-state index in [1.807, 2.05) is 41.3 Å². The molecule has 6 heteroatoms. The van der Waals surface area contributed by atoms with Gasteiger partial charge in [-0.25, -0.2) is 0 Å². The van der Waals surface area contributed by atoms with Gasteiger partial charge >= 0.3 is 0 Å². The van der Waals surface area contributed by atoms with Crippen LogP contribution in [-0.4, -0.2) is 59.1 Å². The minimum Gasteiger partial charge on any atom is -0.342 e. The summed E-state index contributed by atoms with van der Waals surface area (Å²) in [4.78, 5) is 22.1. The van der Waals surface area contributed by atoms with E-state index in [0.717, 1.165) is 38.2 Å². The molecule has 1 saturated heterocycles. The zero-order valence-electron chi connectivity index (χ0n) is 18.8. The van der Waals surface area contributed by atoms with Gasteiger partial charge in [0.2, 0.25) is 17.6 Å². The Bertz CT molecular complexity index is 974. The third kappa shape index (κ3) is 6.26. The lowest BCUT2D eigenvalue weighted by Crippen LogP contribution is -2.42. The van der Waals surface area contributed by atoms with Crippen molar-refractivity contribution in [2.75, 3.05) is 33.2 Å². The average Bonchev–Trinajstić information content (AvgIpc) is 3.31. The van der Waals surface area contributed by atoms with E-state index in [1.165, 1.54) is 18.4 Å². The number of amides is 1. The lowest BCUT2D eigenvalue weighted by Gasteiger charge is -2.34. The van der Waals surface area contributed by atoms with E-state index in [-0.39, 0.29) is 5.91 Å². The van der Waals surface area contributed by atoms with E-state index in [2.05, 4.69) is 46.4 Å². The molecule has 6 nitrogen and oxygen atoms in total. The van der Waals surface area contributed by atoms with Crippen molar-refractivity contribution in [3.05, 3.63) is 72.1 Å². The first-order valence-electron chi connectivity index (χ1n) is 11.6. The number of rotatable bonds is 9. The predicted octanol–water partition coefficient (Wildman–Crippen LogP) is 4.08. The Balaban J connectivity index is 1.37. The first-order valence-corrected chi connectivity index (χ1v) is 11.6. The molecule has 0 bridgehead atoms. The number of benzene rings is 2. The van der Waals surface area contributed by atoms with Gasteiger partial charge in [-0.15, -0.1) is 0 Å². The van der Waals surface area contributed by atoms with Crippen LogP contribution in [0.3, 0.4) is 0 Å². The normalized spacial score (nSPS) is 16.7. The molecule has 2 heterocycles. The Morgan fingerprint density at radius 2 is 1.84 bits per heavy atom. The molecule has 1 aliphatic rings. The molecule has 4 rings (SSSR count). The van der Waals surface area contributed by atoms with Crippen LogP contribution in [0.15, 0.2) is 65.2 Å². The van der Waals surface area contributed by atoms with Gasteiger partial charge in [-0.3, -0.25) is 4.79 Å². The number of likely N-dealkylation sites (tertiary alicyclic amines) is 1. The lowest BCUT2D eigenvalue weighted by molar-refractivity contribution is -0.132. The zero-order valence-corrected chi connectivity index (χ0v) is 18.8. The average molecular weight is 433 g/mol. The molecule has 1 fully saturated rings. The van der Waals surface area contributed by atoms with Gasteiger partial charge in [-0.2, -0.15) is 4.98 Å². The molecule has 0 saturated carbocycles. The largest absolute Gasteiger partial charge is 0.342 e. The maximum Gasteiger partial charge on any atom is 0.227 e. The van der Waals surface area contributed by atoms with Crippen molar-refractivity contribution < 1.29 is 9.32 Å². The molecule has 32 heavy (non-hydrogen) atoms. The van der Waals surface area contributed by atoms with Crippen molar-refractivity contribution in [3.8, 4) is 11.4 Å². The van der Waals surface area contributed by atoms with Crippen molar-refractivity contribution in [1.82, 2.24) is 19.9 Å². The maximum absolute atomic E-state index is 13.2. The minimum atomic E-state index is 0.161. The predicted molar refractivity (Wildman–Crippen MR) is 125 cm³/mol. The molecule has 0 radical (unpaired) electrons. The monoisotopic (exact) mass is 432 g/mol. The van der Waals surface area contributed by atoms with Crippen molar-refractivity contribution in [2.24, 2.45) is 5.92 Å². The summed E-state index contributed by atoms with van der Waals surface area (Å²) < 4.78 is 5.40. The van der Waals surface area contributed by atoms with Crippen LogP contribution in [0.1, 0.15) is 30.7 Å². The van der Waals surface area contributed by atoms with Crippen LogP contribution in [-0.2, 0) is 17.6 Å². The van der Waals surface area contributed by atoms with Crippen molar-refractivity contribution >= 4 is 5.91 Å². The lowest BCUT2D eigenvalue weighted by atomic mass is 9.97. The van der Waals surface area contributed by atoms with Crippen LogP contribution in [0.5, 0.6) is 0 Å². The van der Waals surface area contributed by atoms with Crippen LogP contribution in [0.4, 0.5) is 0 Å². The van der Waals surface area contributed by atoms with Crippen LogP contribution >= 0.6 is 0 Å². The van der Waals surface area contributed by atoms with Gasteiger partial charge in [-0.05, 0) is 44.3 Å². The second kappa shape index (κ2) is 11.0. The summed E-state index contributed by atoms with van der Waals surface area (Å²) in [5.74, 6) is 1.77. The van der Waals surface area contributed by atoms with Gasteiger partial charge in [0.1, 0.15) is 0 Å². The molecule has 0 aliphatic carbocycles. The fraction of sp³-hybridized carbons (Fsp3) is 0.423. The third-order valence-corrected chi connectivity index (χ3v) is 6.12. The van der Waals surface area contributed by atoms with E-state index in [0.29, 0.717) is 30.5 Å². The fourth-order valence-corrected chi connectivity index (χ4v) is 4.39. The minimum absolute atomic E-state index is 0.161. The Hall–Kier alpha value is -2.99. The molecule has 0 N–H and O–H groups in total. The van der Waals surface area contributed by atoms with E-state index in [1.54, 1.807) is 0 Å². The number of carbonyl (C=O) groups is 1. The van der Waals surface area contributed by atoms with Gasteiger partial charge in [0.15, 0.2) is 0 Å². The van der Waals surface area contributed by atoms with Gasteiger partial charge in [-0.1, -0.05) is 65.8 Å². The Labute approximate surface area is 190 Å². The van der Waals surface area contributed by atoms with Gasteiger partial charge in [0.05, 0.1) is 0 Å². The molecule has 168 valence electrons. The van der Waals surface area contributed by atoms with Crippen molar-refractivity contribution in [2.45, 2.75) is 32.1 Å². The highest BCUT2D eigenvalue weighted by Crippen LogP contribution is 2.19. The molecule has 1 amide bonds. The first kappa shape index (κ1) is 22.2. The summed E-state index contributed by atoms with van der Waals surface area (Å²) in [5, 5.41) is 4.07. The maximum atomic E-state index is 13.2. The molecule has 2 aromatic carbocycles. The molecular formula is C26H32N4O2. The van der Waals surface area contributed by atoms with Crippen LogP contribution in [0, 0.1) is 5.92 Å². The number of hydrogen-bond donors (Lipinski definition) is 0. The quantitative estimate of drug-likeness (QED) is 0.510. The number of carbonyl (C=O) groups excluding carboxylic acids is 1. The zero-order chi connectivity index (χ0) is 22.2. The van der Waals surface area contributed by atoms with Crippen LogP contribution in [0.25, 0.3) is 11.4 Å². The van der Waals surface area contributed by atoms with Crippen LogP contribution in [0.2, 0.25) is 0 Å². The second-order valence-corrected chi connectivity index (χ2v) is 8.72. The summed E-state index contributed by atoms with van der Waals surface area (Å²) in [6.07, 6.45) is 4.10. The molecule has 1 atom stereocenters. The second-order valence-electron chi connectivity index (χ2n) is 8.72. The Morgan fingerprint density at radius 1 is 1.09 bits per heavy atom. The van der Waals surface area contributed by atoms with E-state index >= 15 is 0 Å². The number of hydrogen-bond acceptors (Lipinski definition) is 5. The summed E-state index contributed by atoms with van der Waals surface area (Å²) in [7, 11) is 2.17. The van der Waals surface area contributed by atoms with E-state index in [9.17, 15) is 4.79 Å².